The zero-order chi connectivity index (χ0) is 13.9. The van der Waals surface area contributed by atoms with E-state index in [1.165, 1.54) is 16.6 Å². The Morgan fingerprint density at radius 1 is 1.30 bits per heavy atom. The number of benzene rings is 1. The van der Waals surface area contributed by atoms with E-state index in [1.807, 2.05) is 37.3 Å². The van der Waals surface area contributed by atoms with Gasteiger partial charge < -0.3 is 4.52 Å². The van der Waals surface area contributed by atoms with Gasteiger partial charge in [-0.2, -0.15) is 10.2 Å². The maximum absolute atomic E-state index is 8.65. The van der Waals surface area contributed by atoms with Crippen LogP contribution in [0.25, 0.3) is 11.4 Å². The largest absolute Gasteiger partial charge is 0.337 e. The Bertz CT molecular complexity index is 765. The lowest BCUT2D eigenvalue weighted by Gasteiger charge is -1.94. The lowest BCUT2D eigenvalue weighted by atomic mass is 10.1. The molecule has 0 bridgehead atoms. The highest BCUT2D eigenvalue weighted by atomic mass is 16.5. The van der Waals surface area contributed by atoms with Crippen LogP contribution in [0, 0.1) is 18.3 Å². The highest BCUT2D eigenvalue weighted by Gasteiger charge is 2.10. The quantitative estimate of drug-likeness (QED) is 0.714. The highest BCUT2D eigenvalue weighted by molar-refractivity contribution is 5.54. The fraction of sp³-hybridized carbons (Fsp3) is 0.154. The maximum atomic E-state index is 8.65. The van der Waals surface area contributed by atoms with Crippen LogP contribution in [0.1, 0.15) is 17.3 Å². The SMILES string of the molecule is Cc1ccc(-c2noc(Cn3cnc(C#N)n3)n2)cc1. The first-order chi connectivity index (χ1) is 9.74. The number of aromatic nitrogens is 5. The molecule has 1 aromatic carbocycles. The molecule has 0 unspecified atom stereocenters. The minimum atomic E-state index is 0.114. The molecule has 0 atom stereocenters. The summed E-state index contributed by atoms with van der Waals surface area (Å²) < 4.78 is 6.64. The van der Waals surface area contributed by atoms with Crippen LogP contribution in [0.4, 0.5) is 0 Å². The molecule has 0 N–H and O–H groups in total. The third-order valence-corrected chi connectivity index (χ3v) is 2.71. The molecule has 0 fully saturated rings. The second kappa shape index (κ2) is 4.93. The lowest BCUT2D eigenvalue weighted by molar-refractivity contribution is 0.366. The Kier molecular flexibility index (Phi) is 2.97. The molecule has 0 saturated carbocycles. The van der Waals surface area contributed by atoms with Crippen LogP contribution in [0.2, 0.25) is 0 Å². The van der Waals surface area contributed by atoms with Crippen LogP contribution in [-0.2, 0) is 6.54 Å². The van der Waals surface area contributed by atoms with Crippen LogP contribution in [0.5, 0.6) is 0 Å². The summed E-state index contributed by atoms with van der Waals surface area (Å²) in [5, 5.41) is 16.5. The van der Waals surface area contributed by atoms with Gasteiger partial charge in [0, 0.05) is 5.56 Å². The van der Waals surface area contributed by atoms with Gasteiger partial charge in [0.05, 0.1) is 0 Å². The van der Waals surface area contributed by atoms with Gasteiger partial charge >= 0.3 is 0 Å². The van der Waals surface area contributed by atoms with E-state index in [4.69, 9.17) is 9.78 Å². The summed E-state index contributed by atoms with van der Waals surface area (Å²) in [5.41, 5.74) is 2.06. The van der Waals surface area contributed by atoms with Gasteiger partial charge in [0.1, 0.15) is 18.9 Å². The molecule has 98 valence electrons. The molecular formula is C13H10N6O. The maximum Gasteiger partial charge on any atom is 0.252 e. The van der Waals surface area contributed by atoms with E-state index in [1.54, 1.807) is 0 Å². The van der Waals surface area contributed by atoms with Crippen LogP contribution >= 0.6 is 0 Å². The van der Waals surface area contributed by atoms with Crippen molar-refractivity contribution in [2.24, 2.45) is 0 Å². The van der Waals surface area contributed by atoms with Crippen molar-refractivity contribution in [2.75, 3.05) is 0 Å². The van der Waals surface area contributed by atoms with Crippen LogP contribution < -0.4 is 0 Å². The first-order valence-corrected chi connectivity index (χ1v) is 5.94. The summed E-state index contributed by atoms with van der Waals surface area (Å²) in [6.45, 7) is 2.30. The Balaban J connectivity index is 1.80. The zero-order valence-electron chi connectivity index (χ0n) is 10.7. The second-order valence-electron chi connectivity index (χ2n) is 4.26. The normalized spacial score (nSPS) is 10.4. The Hall–Kier alpha value is -3.01. The molecule has 0 saturated heterocycles. The van der Waals surface area contributed by atoms with Crippen molar-refractivity contribution >= 4 is 0 Å². The summed E-state index contributed by atoms with van der Waals surface area (Å²) in [6, 6.07) is 9.71. The molecule has 7 nitrogen and oxygen atoms in total. The highest BCUT2D eigenvalue weighted by Crippen LogP contribution is 2.16. The molecular weight excluding hydrogens is 256 g/mol. The fourth-order valence-electron chi connectivity index (χ4n) is 1.70. The Morgan fingerprint density at radius 2 is 2.10 bits per heavy atom. The number of rotatable bonds is 3. The van der Waals surface area contributed by atoms with Crippen LogP contribution in [0.3, 0.4) is 0 Å². The van der Waals surface area contributed by atoms with Crippen molar-refractivity contribution in [2.45, 2.75) is 13.5 Å². The van der Waals surface area contributed by atoms with Crippen LogP contribution in [0.15, 0.2) is 35.1 Å². The molecule has 7 heteroatoms. The summed E-state index contributed by atoms with van der Waals surface area (Å²) >= 11 is 0. The van der Waals surface area contributed by atoms with Crippen molar-refractivity contribution in [3.05, 3.63) is 47.9 Å². The van der Waals surface area contributed by atoms with Gasteiger partial charge in [0.15, 0.2) is 0 Å². The Morgan fingerprint density at radius 3 is 2.80 bits per heavy atom. The number of hydrogen-bond acceptors (Lipinski definition) is 6. The molecule has 0 aliphatic carbocycles. The molecule has 0 aliphatic heterocycles. The summed E-state index contributed by atoms with van der Waals surface area (Å²) in [5.74, 6) is 1.05. The molecule has 2 aromatic heterocycles. The molecule has 0 aliphatic rings. The smallest absolute Gasteiger partial charge is 0.252 e. The van der Waals surface area contributed by atoms with Gasteiger partial charge in [-0.25, -0.2) is 9.67 Å². The van der Waals surface area contributed by atoms with Gasteiger partial charge in [-0.15, -0.1) is 5.10 Å². The minimum absolute atomic E-state index is 0.114. The van der Waals surface area contributed by atoms with Crippen molar-refractivity contribution in [1.29, 1.82) is 5.26 Å². The predicted molar refractivity (Wildman–Crippen MR) is 68.3 cm³/mol. The van der Waals surface area contributed by atoms with Gasteiger partial charge in [0.25, 0.3) is 5.82 Å². The minimum Gasteiger partial charge on any atom is -0.337 e. The summed E-state index contributed by atoms with van der Waals surface area (Å²) in [7, 11) is 0. The van der Waals surface area contributed by atoms with Crippen molar-refractivity contribution in [1.82, 2.24) is 24.9 Å². The molecule has 0 spiro atoms. The molecule has 2 heterocycles. The van der Waals surface area contributed by atoms with Crippen molar-refractivity contribution < 1.29 is 4.52 Å². The average Bonchev–Trinajstić information content (AvgIpc) is 3.09. The first-order valence-electron chi connectivity index (χ1n) is 5.94. The molecule has 0 radical (unpaired) electrons. The number of nitriles is 1. The van der Waals surface area contributed by atoms with E-state index >= 15 is 0 Å². The number of nitrogens with zero attached hydrogens (tertiary/aromatic N) is 6. The third kappa shape index (κ3) is 2.40. The van der Waals surface area contributed by atoms with E-state index in [0.29, 0.717) is 11.7 Å². The van der Waals surface area contributed by atoms with E-state index in [0.717, 1.165) is 5.56 Å². The first kappa shape index (κ1) is 12.0. The summed E-state index contributed by atoms with van der Waals surface area (Å²) in [6.07, 6.45) is 1.45. The lowest BCUT2D eigenvalue weighted by Crippen LogP contribution is -2.00. The molecule has 3 aromatic rings. The van der Waals surface area contributed by atoms with E-state index in [2.05, 4.69) is 20.2 Å². The monoisotopic (exact) mass is 266 g/mol. The second-order valence-corrected chi connectivity index (χ2v) is 4.26. The zero-order valence-corrected chi connectivity index (χ0v) is 10.7. The van der Waals surface area contributed by atoms with Gasteiger partial charge in [0.2, 0.25) is 11.7 Å². The average molecular weight is 266 g/mol. The molecule has 3 rings (SSSR count). The van der Waals surface area contributed by atoms with Gasteiger partial charge in [-0.3, -0.25) is 0 Å². The fourth-order valence-corrected chi connectivity index (χ4v) is 1.70. The van der Waals surface area contributed by atoms with E-state index < -0.39 is 0 Å². The van der Waals surface area contributed by atoms with E-state index in [-0.39, 0.29) is 12.4 Å². The standard InChI is InChI=1S/C13H10N6O/c1-9-2-4-10(5-3-9)13-16-12(20-18-13)7-19-8-15-11(6-14)17-19/h2-5,8H,7H2,1H3. The van der Waals surface area contributed by atoms with Crippen molar-refractivity contribution in [3.63, 3.8) is 0 Å². The molecule has 20 heavy (non-hydrogen) atoms. The van der Waals surface area contributed by atoms with Crippen LogP contribution in [-0.4, -0.2) is 24.9 Å². The summed E-state index contributed by atoms with van der Waals surface area (Å²) in [4.78, 5) is 8.10. The van der Waals surface area contributed by atoms with Gasteiger partial charge in [-0.05, 0) is 6.92 Å². The Labute approximate surface area is 114 Å². The topological polar surface area (TPSA) is 93.4 Å². The number of aryl methyl sites for hydroxylation is 1. The molecule has 0 amide bonds. The predicted octanol–water partition coefficient (Wildman–Crippen LogP) is 1.56. The van der Waals surface area contributed by atoms with Gasteiger partial charge in [-0.1, -0.05) is 35.0 Å². The van der Waals surface area contributed by atoms with Crippen molar-refractivity contribution in [3.8, 4) is 17.5 Å². The van der Waals surface area contributed by atoms with E-state index in [9.17, 15) is 0 Å². The number of hydrogen-bond donors (Lipinski definition) is 0. The third-order valence-electron chi connectivity index (χ3n) is 2.71.